The van der Waals surface area contributed by atoms with E-state index in [0.29, 0.717) is 5.17 Å². The van der Waals surface area contributed by atoms with E-state index in [2.05, 4.69) is 10.3 Å². The summed E-state index contributed by atoms with van der Waals surface area (Å²) in [4.78, 5) is 4.43. The molecule has 2 rings (SSSR count). The minimum Gasteiger partial charge on any atom is -0.362 e. The van der Waals surface area contributed by atoms with Crippen molar-refractivity contribution in [3.63, 3.8) is 0 Å². The molecule has 0 bridgehead atoms. The zero-order valence-corrected chi connectivity index (χ0v) is 11.3. The molecule has 0 fully saturated rings. The van der Waals surface area contributed by atoms with Gasteiger partial charge < -0.3 is 5.32 Å². The Hall–Kier alpha value is -1.17. The monoisotopic (exact) mass is 288 g/mol. The van der Waals surface area contributed by atoms with E-state index in [9.17, 15) is 13.2 Å². The second-order valence-corrected chi connectivity index (χ2v) is 5.55. The van der Waals surface area contributed by atoms with Crippen molar-refractivity contribution in [3.8, 4) is 0 Å². The lowest BCUT2D eigenvalue weighted by molar-refractivity contribution is -0.138. The van der Waals surface area contributed by atoms with Crippen LogP contribution in [0.1, 0.15) is 24.9 Å². The minimum atomic E-state index is -4.14. The Bertz CT molecular complexity index is 445. The van der Waals surface area contributed by atoms with E-state index in [4.69, 9.17) is 0 Å². The predicted octanol–water partition coefficient (Wildman–Crippen LogP) is 3.76. The Morgan fingerprint density at radius 1 is 1.37 bits per heavy atom. The number of thioether (sulfide) groups is 1. The van der Waals surface area contributed by atoms with Crippen LogP contribution >= 0.6 is 11.8 Å². The fourth-order valence-electron chi connectivity index (χ4n) is 1.91. The van der Waals surface area contributed by atoms with Crippen LogP contribution in [0.25, 0.3) is 0 Å². The van der Waals surface area contributed by atoms with Crippen molar-refractivity contribution >= 4 is 16.9 Å². The smallest absolute Gasteiger partial charge is 0.362 e. The van der Waals surface area contributed by atoms with Gasteiger partial charge in [0.2, 0.25) is 0 Å². The molecule has 0 amide bonds. The van der Waals surface area contributed by atoms with E-state index in [-0.39, 0.29) is 6.04 Å². The molecule has 0 saturated heterocycles. The van der Waals surface area contributed by atoms with Gasteiger partial charge in [0.15, 0.2) is 5.17 Å². The summed E-state index contributed by atoms with van der Waals surface area (Å²) in [6.45, 7) is 1.52. The summed E-state index contributed by atoms with van der Waals surface area (Å²) in [5.41, 5.74) is 1.09. The normalized spacial score (nSPS) is 21.1. The second-order valence-electron chi connectivity index (χ2n) is 4.54. The molecule has 0 aliphatic carbocycles. The maximum atomic E-state index is 12.2. The number of nitrogens with zero attached hydrogens (tertiary/aromatic N) is 1. The van der Waals surface area contributed by atoms with Crippen molar-refractivity contribution in [2.24, 2.45) is 4.99 Å². The molecule has 104 valence electrons. The first-order chi connectivity index (χ1) is 8.94. The van der Waals surface area contributed by atoms with E-state index in [1.54, 1.807) is 0 Å². The third kappa shape index (κ3) is 4.45. The number of hydrogen-bond acceptors (Lipinski definition) is 3. The molecule has 2 nitrogen and oxygen atoms in total. The lowest BCUT2D eigenvalue weighted by atomic mass is 10.1. The number of aliphatic imine (C=N–C) groups is 1. The molecule has 1 heterocycles. The summed E-state index contributed by atoms with van der Waals surface area (Å²) in [5, 5.41) is 3.43. The van der Waals surface area contributed by atoms with Gasteiger partial charge in [0.25, 0.3) is 0 Å². The SMILES string of the molecule is CC(CC(F)(F)F)NC1=NC(c2ccccc2)CS1. The highest BCUT2D eigenvalue weighted by atomic mass is 32.2. The van der Waals surface area contributed by atoms with Crippen LogP contribution in [0.15, 0.2) is 35.3 Å². The number of hydrogen-bond donors (Lipinski definition) is 1. The van der Waals surface area contributed by atoms with Crippen molar-refractivity contribution in [1.29, 1.82) is 0 Å². The van der Waals surface area contributed by atoms with Crippen molar-refractivity contribution < 1.29 is 13.2 Å². The molecule has 1 aliphatic rings. The minimum absolute atomic E-state index is 0.0341. The quantitative estimate of drug-likeness (QED) is 0.915. The molecule has 0 saturated carbocycles. The largest absolute Gasteiger partial charge is 0.391 e. The molecule has 0 aromatic heterocycles. The van der Waals surface area contributed by atoms with Crippen LogP contribution in [0.4, 0.5) is 13.2 Å². The molecule has 2 atom stereocenters. The Balaban J connectivity index is 1.93. The molecule has 6 heteroatoms. The van der Waals surface area contributed by atoms with Gasteiger partial charge in [-0.3, -0.25) is 4.99 Å². The first-order valence-corrected chi connectivity index (χ1v) is 7.01. The maximum Gasteiger partial charge on any atom is 0.391 e. The molecule has 1 aromatic carbocycles. The summed E-state index contributed by atoms with van der Waals surface area (Å²) < 4.78 is 36.7. The van der Waals surface area contributed by atoms with E-state index >= 15 is 0 Å². The van der Waals surface area contributed by atoms with Crippen molar-refractivity contribution in [2.45, 2.75) is 31.6 Å². The highest BCUT2D eigenvalue weighted by Gasteiger charge is 2.31. The Kier molecular flexibility index (Phi) is 4.39. The van der Waals surface area contributed by atoms with Crippen LogP contribution < -0.4 is 5.32 Å². The summed E-state index contributed by atoms with van der Waals surface area (Å²) in [6.07, 6.45) is -4.99. The first-order valence-electron chi connectivity index (χ1n) is 6.03. The molecule has 1 aromatic rings. The van der Waals surface area contributed by atoms with Gasteiger partial charge in [-0.05, 0) is 12.5 Å². The molecule has 1 N–H and O–H groups in total. The average Bonchev–Trinajstić information content (AvgIpc) is 2.76. The number of amidine groups is 1. The fraction of sp³-hybridized carbons (Fsp3) is 0.462. The molecule has 19 heavy (non-hydrogen) atoms. The van der Waals surface area contributed by atoms with Gasteiger partial charge in [-0.1, -0.05) is 42.1 Å². The molecule has 1 aliphatic heterocycles. The van der Waals surface area contributed by atoms with E-state index in [0.717, 1.165) is 11.3 Å². The van der Waals surface area contributed by atoms with Crippen LogP contribution in [0, 0.1) is 0 Å². The third-order valence-corrected chi connectivity index (χ3v) is 3.72. The van der Waals surface area contributed by atoms with Gasteiger partial charge in [-0.2, -0.15) is 13.2 Å². The lowest BCUT2D eigenvalue weighted by Crippen LogP contribution is -2.33. The third-order valence-electron chi connectivity index (χ3n) is 2.74. The Morgan fingerprint density at radius 3 is 2.68 bits per heavy atom. The van der Waals surface area contributed by atoms with Gasteiger partial charge >= 0.3 is 6.18 Å². The standard InChI is InChI=1S/C13H15F3N2S/c1-9(7-13(14,15)16)17-12-18-11(8-19-12)10-5-3-2-4-6-10/h2-6,9,11H,7-8H2,1H3,(H,17,18). The Morgan fingerprint density at radius 2 is 2.05 bits per heavy atom. The zero-order valence-electron chi connectivity index (χ0n) is 10.4. The molecule has 2 unspecified atom stereocenters. The number of halogens is 3. The van der Waals surface area contributed by atoms with Crippen molar-refractivity contribution in [2.75, 3.05) is 5.75 Å². The number of alkyl halides is 3. The number of rotatable bonds is 3. The topological polar surface area (TPSA) is 24.4 Å². The van der Waals surface area contributed by atoms with Crippen LogP contribution in [0.2, 0.25) is 0 Å². The van der Waals surface area contributed by atoms with Gasteiger partial charge in [0.05, 0.1) is 12.5 Å². The number of benzene rings is 1. The maximum absolute atomic E-state index is 12.2. The molecule has 0 spiro atoms. The van der Waals surface area contributed by atoms with E-state index in [1.807, 2.05) is 30.3 Å². The first kappa shape index (κ1) is 14.2. The second kappa shape index (κ2) is 5.86. The van der Waals surface area contributed by atoms with Crippen LogP contribution in [-0.2, 0) is 0 Å². The molecule has 0 radical (unpaired) electrons. The predicted molar refractivity (Wildman–Crippen MR) is 72.3 cm³/mol. The average molecular weight is 288 g/mol. The number of nitrogens with one attached hydrogen (secondary N) is 1. The van der Waals surface area contributed by atoms with Crippen molar-refractivity contribution in [3.05, 3.63) is 35.9 Å². The zero-order chi connectivity index (χ0) is 13.9. The highest BCUT2D eigenvalue weighted by Crippen LogP contribution is 2.30. The Labute approximate surface area is 114 Å². The van der Waals surface area contributed by atoms with Gasteiger partial charge in [0.1, 0.15) is 0 Å². The summed E-state index contributed by atoms with van der Waals surface area (Å²) in [7, 11) is 0. The van der Waals surface area contributed by atoms with Crippen LogP contribution in [0.3, 0.4) is 0 Å². The molecular weight excluding hydrogens is 273 g/mol. The van der Waals surface area contributed by atoms with Crippen LogP contribution in [-0.4, -0.2) is 23.1 Å². The van der Waals surface area contributed by atoms with E-state index < -0.39 is 18.6 Å². The van der Waals surface area contributed by atoms with Gasteiger partial charge in [-0.25, -0.2) is 0 Å². The highest BCUT2D eigenvalue weighted by molar-refractivity contribution is 8.14. The van der Waals surface area contributed by atoms with Crippen molar-refractivity contribution in [1.82, 2.24) is 5.32 Å². The van der Waals surface area contributed by atoms with E-state index in [1.165, 1.54) is 18.7 Å². The van der Waals surface area contributed by atoms with Crippen LogP contribution in [0.5, 0.6) is 0 Å². The summed E-state index contributed by atoms with van der Waals surface area (Å²) in [6, 6.07) is 9.15. The fourth-order valence-corrected chi connectivity index (χ4v) is 2.98. The van der Waals surface area contributed by atoms with Gasteiger partial charge in [-0.15, -0.1) is 0 Å². The van der Waals surface area contributed by atoms with Gasteiger partial charge in [0, 0.05) is 11.8 Å². The molecular formula is C13H15F3N2S. The summed E-state index contributed by atoms with van der Waals surface area (Å²) >= 11 is 1.47. The lowest BCUT2D eigenvalue weighted by Gasteiger charge is -2.16. The summed E-state index contributed by atoms with van der Waals surface area (Å²) in [5.74, 6) is 0.769.